The molecule has 8 heteroatoms. The van der Waals surface area contributed by atoms with Crippen molar-refractivity contribution < 1.29 is 4.39 Å². The molecule has 6 rings (SSSR count). The van der Waals surface area contributed by atoms with E-state index in [1.807, 2.05) is 23.7 Å². The number of hydrogen-bond donors (Lipinski definition) is 1. The third kappa shape index (κ3) is 2.90. The van der Waals surface area contributed by atoms with Gasteiger partial charge in [-0.3, -0.25) is 0 Å². The quantitative estimate of drug-likeness (QED) is 0.580. The van der Waals surface area contributed by atoms with Gasteiger partial charge in [-0.2, -0.15) is 15.0 Å². The zero-order valence-electron chi connectivity index (χ0n) is 16.3. The minimum Gasteiger partial charge on any atom is -0.317 e. The Bertz CT molecular complexity index is 1230. The summed E-state index contributed by atoms with van der Waals surface area (Å²) in [4.78, 5) is 6.33. The second-order valence-electron chi connectivity index (χ2n) is 8.24. The fourth-order valence-electron chi connectivity index (χ4n) is 4.29. The third-order valence-corrected chi connectivity index (χ3v) is 5.98. The lowest BCUT2D eigenvalue weighted by atomic mass is 10.1. The van der Waals surface area contributed by atoms with Crippen molar-refractivity contribution in [2.24, 2.45) is 0 Å². The second-order valence-corrected chi connectivity index (χ2v) is 8.24. The zero-order chi connectivity index (χ0) is 19.5. The molecule has 1 aliphatic heterocycles. The van der Waals surface area contributed by atoms with Crippen molar-refractivity contribution >= 4 is 16.7 Å². The summed E-state index contributed by atoms with van der Waals surface area (Å²) >= 11 is 0. The van der Waals surface area contributed by atoms with Crippen molar-refractivity contribution in [3.8, 4) is 11.3 Å². The lowest BCUT2D eigenvalue weighted by Crippen LogP contribution is -2.30. The maximum atomic E-state index is 14.9. The average Bonchev–Trinajstić information content (AvgIpc) is 3.36. The van der Waals surface area contributed by atoms with Crippen LogP contribution >= 0.6 is 0 Å². The lowest BCUT2D eigenvalue weighted by molar-refractivity contribution is 0.316. The molecule has 2 fully saturated rings. The van der Waals surface area contributed by atoms with Crippen molar-refractivity contribution in [2.45, 2.75) is 44.6 Å². The predicted molar refractivity (Wildman–Crippen MR) is 107 cm³/mol. The summed E-state index contributed by atoms with van der Waals surface area (Å²) in [7, 11) is 0. The van der Waals surface area contributed by atoms with Crippen LogP contribution in [0.3, 0.4) is 0 Å². The van der Waals surface area contributed by atoms with Gasteiger partial charge in [0.15, 0.2) is 11.5 Å². The van der Waals surface area contributed by atoms with Gasteiger partial charge in [0.05, 0.1) is 23.6 Å². The first-order chi connectivity index (χ1) is 14.2. The van der Waals surface area contributed by atoms with Crippen LogP contribution in [0.2, 0.25) is 0 Å². The Labute approximate surface area is 166 Å². The van der Waals surface area contributed by atoms with Crippen LogP contribution in [0.25, 0.3) is 27.9 Å². The monoisotopic (exact) mass is 391 g/mol. The molecule has 0 spiro atoms. The molecule has 0 unspecified atom stereocenters. The highest BCUT2D eigenvalue weighted by Crippen LogP contribution is 2.42. The van der Waals surface area contributed by atoms with Crippen LogP contribution < -0.4 is 5.32 Å². The molecule has 0 amide bonds. The van der Waals surface area contributed by atoms with Gasteiger partial charge in [0, 0.05) is 11.1 Å². The number of fused-ring (bicyclic) bond motifs is 2. The van der Waals surface area contributed by atoms with E-state index in [-0.39, 0.29) is 11.9 Å². The number of aromatic nitrogens is 6. The molecule has 3 aromatic heterocycles. The van der Waals surface area contributed by atoms with Crippen LogP contribution in [0.5, 0.6) is 0 Å². The molecule has 1 aromatic carbocycles. The SMILES string of the molecule is Cc1cn2nc(-c3cc(F)c4nn(C5CCNCC5)nc4c3)cc(C3CC3)c2n1. The van der Waals surface area contributed by atoms with Crippen molar-refractivity contribution in [2.75, 3.05) is 13.1 Å². The van der Waals surface area contributed by atoms with E-state index in [9.17, 15) is 4.39 Å². The van der Waals surface area contributed by atoms with Crippen molar-refractivity contribution in [3.63, 3.8) is 0 Å². The minimum absolute atomic E-state index is 0.219. The maximum Gasteiger partial charge on any atom is 0.157 e. The molecule has 1 N–H and O–H groups in total. The largest absolute Gasteiger partial charge is 0.317 e. The first-order valence-electron chi connectivity index (χ1n) is 10.3. The minimum atomic E-state index is -0.352. The molecule has 29 heavy (non-hydrogen) atoms. The molecular formula is C21H22FN7. The summed E-state index contributed by atoms with van der Waals surface area (Å²) in [6, 6.07) is 5.71. The van der Waals surface area contributed by atoms with E-state index in [1.54, 1.807) is 4.80 Å². The van der Waals surface area contributed by atoms with Crippen molar-refractivity contribution in [1.29, 1.82) is 0 Å². The molecule has 0 bridgehead atoms. The molecule has 1 saturated heterocycles. The van der Waals surface area contributed by atoms with Gasteiger partial charge in [0.1, 0.15) is 11.0 Å². The molecule has 4 heterocycles. The Hall–Kier alpha value is -2.87. The second kappa shape index (κ2) is 6.32. The maximum absolute atomic E-state index is 14.9. The van der Waals surface area contributed by atoms with Gasteiger partial charge in [0.25, 0.3) is 0 Å². The van der Waals surface area contributed by atoms with Crippen LogP contribution in [0.1, 0.15) is 48.9 Å². The Morgan fingerprint density at radius 2 is 1.86 bits per heavy atom. The fraction of sp³-hybridized carbons (Fsp3) is 0.429. The Morgan fingerprint density at radius 1 is 1.03 bits per heavy atom. The summed E-state index contributed by atoms with van der Waals surface area (Å²) < 4.78 is 16.8. The number of nitrogens with zero attached hydrogens (tertiary/aromatic N) is 6. The summed E-state index contributed by atoms with van der Waals surface area (Å²) in [5, 5.41) is 17.1. The summed E-state index contributed by atoms with van der Waals surface area (Å²) in [6.45, 7) is 3.85. The number of nitrogens with one attached hydrogen (secondary N) is 1. The highest BCUT2D eigenvalue weighted by Gasteiger charge is 2.28. The summed E-state index contributed by atoms with van der Waals surface area (Å²) in [5.41, 5.74) is 5.42. The number of benzene rings is 1. The third-order valence-electron chi connectivity index (χ3n) is 5.98. The number of hydrogen-bond acceptors (Lipinski definition) is 5. The van der Waals surface area contributed by atoms with E-state index >= 15 is 0 Å². The van der Waals surface area contributed by atoms with Crippen LogP contribution in [0.4, 0.5) is 4.39 Å². The number of aryl methyl sites for hydroxylation is 1. The van der Waals surface area contributed by atoms with E-state index in [0.29, 0.717) is 17.0 Å². The first-order valence-corrected chi connectivity index (χ1v) is 10.3. The Morgan fingerprint density at radius 3 is 2.66 bits per heavy atom. The van der Waals surface area contributed by atoms with E-state index < -0.39 is 0 Å². The van der Waals surface area contributed by atoms with E-state index in [0.717, 1.165) is 48.5 Å². The fourth-order valence-corrected chi connectivity index (χ4v) is 4.29. The molecule has 0 atom stereocenters. The Kier molecular flexibility index (Phi) is 3.71. The molecular weight excluding hydrogens is 369 g/mol. The number of rotatable bonds is 3. The predicted octanol–water partition coefficient (Wildman–Crippen LogP) is 3.39. The topological polar surface area (TPSA) is 72.9 Å². The normalized spacial score (nSPS) is 18.1. The summed E-state index contributed by atoms with van der Waals surface area (Å²) in [6.07, 6.45) is 6.18. The van der Waals surface area contributed by atoms with Crippen LogP contribution in [-0.2, 0) is 0 Å². The van der Waals surface area contributed by atoms with Gasteiger partial charge >= 0.3 is 0 Å². The molecule has 1 aliphatic carbocycles. The molecule has 148 valence electrons. The molecule has 2 aliphatic rings. The van der Waals surface area contributed by atoms with Crippen LogP contribution in [0, 0.1) is 12.7 Å². The van der Waals surface area contributed by atoms with Crippen molar-refractivity contribution in [3.05, 3.63) is 41.5 Å². The highest BCUT2D eigenvalue weighted by atomic mass is 19.1. The Balaban J connectivity index is 1.47. The number of piperidine rings is 1. The van der Waals surface area contributed by atoms with Gasteiger partial charge in [-0.15, -0.1) is 5.10 Å². The van der Waals surface area contributed by atoms with E-state index in [2.05, 4.69) is 26.6 Å². The molecule has 7 nitrogen and oxygen atoms in total. The van der Waals surface area contributed by atoms with Gasteiger partial charge in [-0.25, -0.2) is 13.9 Å². The highest BCUT2D eigenvalue weighted by molar-refractivity contribution is 5.81. The van der Waals surface area contributed by atoms with Gasteiger partial charge in [0.2, 0.25) is 0 Å². The smallest absolute Gasteiger partial charge is 0.157 e. The van der Waals surface area contributed by atoms with E-state index in [1.165, 1.54) is 24.5 Å². The average molecular weight is 391 g/mol. The van der Waals surface area contributed by atoms with Gasteiger partial charge in [-0.05, 0) is 69.8 Å². The molecule has 0 radical (unpaired) electrons. The summed E-state index contributed by atoms with van der Waals surface area (Å²) in [5.74, 6) is 0.171. The molecule has 1 saturated carbocycles. The van der Waals surface area contributed by atoms with Gasteiger partial charge < -0.3 is 5.32 Å². The zero-order valence-corrected chi connectivity index (χ0v) is 16.3. The first kappa shape index (κ1) is 17.0. The van der Waals surface area contributed by atoms with Crippen LogP contribution in [-0.4, -0.2) is 42.7 Å². The standard InChI is InChI=1S/C21H22FN7/c1-12-11-28-21(24-12)16(13-2-3-13)10-18(25-28)14-8-17(22)20-19(9-14)26-29(27-20)15-4-6-23-7-5-15/h8-11,13,15,23H,2-7H2,1H3. The van der Waals surface area contributed by atoms with Gasteiger partial charge in [-0.1, -0.05) is 0 Å². The number of halogens is 1. The van der Waals surface area contributed by atoms with Crippen molar-refractivity contribution in [1.82, 2.24) is 34.9 Å². The number of imidazole rings is 1. The van der Waals surface area contributed by atoms with E-state index in [4.69, 9.17) is 5.10 Å². The molecule has 4 aromatic rings. The lowest BCUT2D eigenvalue weighted by Gasteiger charge is -2.21. The van der Waals surface area contributed by atoms with Crippen LogP contribution in [0.15, 0.2) is 24.4 Å².